The molecule has 0 aliphatic heterocycles. The smallest absolute Gasteiger partial charge is 0.325 e. The number of carbonyl (C=O) groups is 2. The fourth-order valence-electron chi connectivity index (χ4n) is 1.06. The molecule has 0 saturated carbocycles. The van der Waals surface area contributed by atoms with Gasteiger partial charge in [0.25, 0.3) is 0 Å². The number of benzene rings is 1. The van der Waals surface area contributed by atoms with Gasteiger partial charge in [-0.25, -0.2) is 0 Å². The highest BCUT2D eigenvalue weighted by Crippen LogP contribution is 2.16. The Kier molecular flexibility index (Phi) is 4.17. The lowest BCUT2D eigenvalue weighted by Gasteiger charge is -2.15. The van der Waals surface area contributed by atoms with Gasteiger partial charge in [0, 0.05) is 10.6 Å². The van der Waals surface area contributed by atoms with Crippen molar-refractivity contribution >= 4 is 30.7 Å². The third-order valence-electron chi connectivity index (χ3n) is 1.82. The van der Waals surface area contributed by atoms with E-state index in [1.165, 1.54) is 12.0 Å². The summed E-state index contributed by atoms with van der Waals surface area (Å²) in [6, 6.07) is 6.96. The van der Waals surface area contributed by atoms with E-state index in [1.807, 2.05) is 0 Å². The lowest BCUT2D eigenvalue weighted by Crippen LogP contribution is -2.29. The fraction of sp³-hybridized carbons (Fsp3) is 0.200. The Hall–Kier alpha value is -1.49. The molecule has 0 aliphatic rings. The summed E-state index contributed by atoms with van der Waals surface area (Å²) in [6.07, 6.45) is 0.583. The first-order chi connectivity index (χ1) is 7.17. The number of anilines is 1. The number of methoxy groups -OCH3 is 1. The van der Waals surface area contributed by atoms with Crippen molar-refractivity contribution in [3.63, 3.8) is 0 Å². The number of esters is 1. The summed E-state index contributed by atoms with van der Waals surface area (Å²) in [5.74, 6) is -0.466. The Morgan fingerprint density at radius 1 is 1.60 bits per heavy atom. The molecule has 0 fully saturated rings. The van der Waals surface area contributed by atoms with Crippen LogP contribution in [0.25, 0.3) is 0 Å². The molecule has 1 aromatic carbocycles. The first-order valence-corrected chi connectivity index (χ1v) is 4.70. The van der Waals surface area contributed by atoms with E-state index in [4.69, 9.17) is 0 Å². The molecule has 80 valence electrons. The standard InChI is InChI=1S/C10H11NO3S/c1-14-10(13)6-11(7-12)8-3-2-4-9(15)5-8/h2-5,7,15H,6H2,1H3. The average Bonchev–Trinajstić information content (AvgIpc) is 2.25. The van der Waals surface area contributed by atoms with E-state index in [-0.39, 0.29) is 6.54 Å². The molecule has 0 atom stereocenters. The molecular weight excluding hydrogens is 214 g/mol. The molecule has 0 radical (unpaired) electrons. The molecule has 0 bridgehead atoms. The van der Waals surface area contributed by atoms with Crippen LogP contribution in [0.3, 0.4) is 0 Å². The maximum atomic E-state index is 11.0. The molecule has 0 saturated heterocycles. The van der Waals surface area contributed by atoms with Gasteiger partial charge in [0.2, 0.25) is 6.41 Å². The number of rotatable bonds is 4. The fourth-order valence-corrected chi connectivity index (χ4v) is 1.28. The highest BCUT2D eigenvalue weighted by Gasteiger charge is 2.10. The normalized spacial score (nSPS) is 9.47. The van der Waals surface area contributed by atoms with Crippen molar-refractivity contribution < 1.29 is 14.3 Å². The molecule has 4 nitrogen and oxygen atoms in total. The van der Waals surface area contributed by atoms with Crippen molar-refractivity contribution in [2.75, 3.05) is 18.6 Å². The zero-order valence-corrected chi connectivity index (χ0v) is 9.11. The Morgan fingerprint density at radius 3 is 2.87 bits per heavy atom. The van der Waals surface area contributed by atoms with E-state index in [1.54, 1.807) is 24.3 Å². The summed E-state index contributed by atoms with van der Waals surface area (Å²) < 4.78 is 4.48. The molecule has 5 heteroatoms. The summed E-state index contributed by atoms with van der Waals surface area (Å²) in [7, 11) is 1.28. The monoisotopic (exact) mass is 225 g/mol. The molecule has 15 heavy (non-hydrogen) atoms. The van der Waals surface area contributed by atoms with E-state index in [9.17, 15) is 9.59 Å². The van der Waals surface area contributed by atoms with E-state index in [2.05, 4.69) is 17.4 Å². The Labute approximate surface area is 93.2 Å². The number of carbonyl (C=O) groups excluding carboxylic acids is 2. The first-order valence-electron chi connectivity index (χ1n) is 4.25. The number of thiol groups is 1. The second-order valence-electron chi connectivity index (χ2n) is 2.83. The number of hydrogen-bond donors (Lipinski definition) is 1. The Morgan fingerprint density at radius 2 is 2.33 bits per heavy atom. The number of amides is 1. The lowest BCUT2D eigenvalue weighted by atomic mass is 10.3. The Balaban J connectivity index is 2.83. The minimum Gasteiger partial charge on any atom is -0.468 e. The summed E-state index contributed by atoms with van der Waals surface area (Å²) in [6.45, 7) is -0.1000. The summed E-state index contributed by atoms with van der Waals surface area (Å²) >= 11 is 4.14. The zero-order valence-electron chi connectivity index (χ0n) is 8.21. The van der Waals surface area contributed by atoms with Gasteiger partial charge in [0.15, 0.2) is 0 Å². The van der Waals surface area contributed by atoms with Crippen LogP contribution in [0.5, 0.6) is 0 Å². The van der Waals surface area contributed by atoms with Crippen molar-refractivity contribution in [2.45, 2.75) is 4.90 Å². The second kappa shape index (κ2) is 5.41. The summed E-state index contributed by atoms with van der Waals surface area (Å²) in [5, 5.41) is 0. The third kappa shape index (κ3) is 3.28. The van der Waals surface area contributed by atoms with Gasteiger partial charge in [0.1, 0.15) is 6.54 Å². The van der Waals surface area contributed by atoms with Gasteiger partial charge >= 0.3 is 5.97 Å². The van der Waals surface area contributed by atoms with Crippen molar-refractivity contribution in [1.82, 2.24) is 0 Å². The van der Waals surface area contributed by atoms with Crippen LogP contribution in [0.1, 0.15) is 0 Å². The van der Waals surface area contributed by atoms with Gasteiger partial charge in [-0.1, -0.05) is 6.07 Å². The molecule has 1 aromatic rings. The van der Waals surface area contributed by atoms with E-state index in [0.29, 0.717) is 12.1 Å². The van der Waals surface area contributed by atoms with Gasteiger partial charge in [-0.15, -0.1) is 12.6 Å². The van der Waals surface area contributed by atoms with Crippen LogP contribution in [0.15, 0.2) is 29.2 Å². The van der Waals surface area contributed by atoms with Gasteiger partial charge < -0.3 is 9.64 Å². The summed E-state index contributed by atoms with van der Waals surface area (Å²) in [4.78, 5) is 23.7. The molecule has 0 heterocycles. The lowest BCUT2D eigenvalue weighted by molar-refractivity contribution is -0.139. The molecule has 0 aromatic heterocycles. The first kappa shape index (κ1) is 11.6. The maximum Gasteiger partial charge on any atom is 0.325 e. The predicted octanol–water partition coefficient (Wildman–Crippen LogP) is 1.11. The molecule has 0 aliphatic carbocycles. The third-order valence-corrected chi connectivity index (χ3v) is 2.09. The molecule has 1 amide bonds. The number of hydrogen-bond acceptors (Lipinski definition) is 4. The average molecular weight is 225 g/mol. The van der Waals surface area contributed by atoms with Crippen molar-refractivity contribution in [3.8, 4) is 0 Å². The van der Waals surface area contributed by atoms with Crippen LogP contribution < -0.4 is 4.90 Å². The van der Waals surface area contributed by atoms with Crippen LogP contribution >= 0.6 is 12.6 Å². The minimum absolute atomic E-state index is 0.1000. The van der Waals surface area contributed by atoms with Crippen molar-refractivity contribution in [1.29, 1.82) is 0 Å². The van der Waals surface area contributed by atoms with Gasteiger partial charge in [0.05, 0.1) is 7.11 Å². The van der Waals surface area contributed by atoms with E-state index >= 15 is 0 Å². The van der Waals surface area contributed by atoms with Crippen molar-refractivity contribution in [2.24, 2.45) is 0 Å². The SMILES string of the molecule is COC(=O)CN(C=O)c1cccc(S)c1. The van der Waals surface area contributed by atoms with E-state index in [0.717, 1.165) is 4.90 Å². The molecule has 0 unspecified atom stereocenters. The summed E-state index contributed by atoms with van der Waals surface area (Å²) in [5.41, 5.74) is 0.614. The van der Waals surface area contributed by atoms with Crippen LogP contribution in [0.4, 0.5) is 5.69 Å². The Bertz CT molecular complexity index is 367. The largest absolute Gasteiger partial charge is 0.468 e. The number of ether oxygens (including phenoxy) is 1. The molecule has 1 rings (SSSR count). The molecule has 0 N–H and O–H groups in total. The number of nitrogens with zero attached hydrogens (tertiary/aromatic N) is 1. The van der Waals surface area contributed by atoms with Crippen LogP contribution in [-0.2, 0) is 14.3 Å². The minimum atomic E-state index is -0.466. The van der Waals surface area contributed by atoms with Crippen LogP contribution in [0.2, 0.25) is 0 Å². The highest BCUT2D eigenvalue weighted by atomic mass is 32.1. The van der Waals surface area contributed by atoms with Crippen LogP contribution in [0, 0.1) is 0 Å². The molecular formula is C10H11NO3S. The second-order valence-corrected chi connectivity index (χ2v) is 3.35. The van der Waals surface area contributed by atoms with Crippen molar-refractivity contribution in [3.05, 3.63) is 24.3 Å². The highest BCUT2D eigenvalue weighted by molar-refractivity contribution is 7.80. The van der Waals surface area contributed by atoms with E-state index < -0.39 is 5.97 Å². The van der Waals surface area contributed by atoms with Gasteiger partial charge in [-0.05, 0) is 18.2 Å². The van der Waals surface area contributed by atoms with Gasteiger partial charge in [-0.2, -0.15) is 0 Å². The quantitative estimate of drug-likeness (QED) is 0.474. The maximum absolute atomic E-state index is 11.0. The topological polar surface area (TPSA) is 46.6 Å². The zero-order chi connectivity index (χ0) is 11.3. The van der Waals surface area contributed by atoms with Gasteiger partial charge in [-0.3, -0.25) is 9.59 Å². The predicted molar refractivity (Wildman–Crippen MR) is 59.1 cm³/mol. The molecule has 0 spiro atoms. The van der Waals surface area contributed by atoms with Crippen LogP contribution in [-0.4, -0.2) is 26.0 Å².